The van der Waals surface area contributed by atoms with E-state index in [1.807, 2.05) is 41.0 Å². The Kier molecular flexibility index (Phi) is 11.0. The lowest BCUT2D eigenvalue weighted by Gasteiger charge is -2.20. The number of para-hydroxylation sites is 2. The summed E-state index contributed by atoms with van der Waals surface area (Å²) in [6.45, 7) is 9.30. The molecule has 0 unspecified atom stereocenters. The maximum Gasteiger partial charge on any atom is 0.243 e. The molecule has 1 heterocycles. The average Bonchev–Trinajstić information content (AvgIpc) is 3.27. The third kappa shape index (κ3) is 7.71. The number of fused-ring (bicyclic) bond motifs is 1. The number of carbonyl (C=O) groups excluding carboxylic acids is 2. The van der Waals surface area contributed by atoms with Gasteiger partial charge in [-0.1, -0.05) is 36.8 Å². The summed E-state index contributed by atoms with van der Waals surface area (Å²) in [6, 6.07) is 13.4. The molecule has 1 N–H and O–H groups in total. The Morgan fingerprint density at radius 1 is 1.00 bits per heavy atom. The Morgan fingerprint density at radius 2 is 1.74 bits per heavy atom. The summed E-state index contributed by atoms with van der Waals surface area (Å²) in [6.07, 6.45) is 7.20. The van der Waals surface area contributed by atoms with Crippen LogP contribution in [-0.4, -0.2) is 60.1 Å². The van der Waals surface area contributed by atoms with Crippen LogP contribution in [0.25, 0.3) is 11.0 Å². The molecule has 0 saturated heterocycles. The molecule has 1 aromatic heterocycles. The van der Waals surface area contributed by atoms with E-state index in [1.54, 1.807) is 37.3 Å². The molecule has 2 aromatic carbocycles. The topological polar surface area (TPSA) is 85.7 Å². The Morgan fingerprint density at radius 3 is 2.45 bits per heavy atom. The zero-order valence-electron chi connectivity index (χ0n) is 22.4. The molecule has 0 aliphatic carbocycles. The van der Waals surface area contributed by atoms with Crippen molar-refractivity contribution in [2.24, 2.45) is 0 Å². The van der Waals surface area contributed by atoms with Crippen molar-refractivity contribution in [3.05, 3.63) is 79.2 Å². The minimum atomic E-state index is -0.0267. The van der Waals surface area contributed by atoms with Gasteiger partial charge >= 0.3 is 0 Å². The summed E-state index contributed by atoms with van der Waals surface area (Å²) in [7, 11) is 3.16. The molecule has 3 aromatic rings. The average molecular weight is 519 g/mol. The van der Waals surface area contributed by atoms with Gasteiger partial charge in [-0.25, -0.2) is 4.98 Å². The molecule has 0 radical (unpaired) electrons. The van der Waals surface area contributed by atoms with Gasteiger partial charge in [-0.3, -0.25) is 9.59 Å². The minimum Gasteiger partial charge on any atom is -0.493 e. The van der Waals surface area contributed by atoms with Crippen molar-refractivity contribution in [3.8, 4) is 11.5 Å². The first-order valence-corrected chi connectivity index (χ1v) is 12.9. The van der Waals surface area contributed by atoms with Gasteiger partial charge in [0.1, 0.15) is 12.4 Å². The van der Waals surface area contributed by atoms with Gasteiger partial charge in [0.15, 0.2) is 11.5 Å². The summed E-state index contributed by atoms with van der Waals surface area (Å²) < 4.78 is 12.6. The molecule has 0 spiro atoms. The van der Waals surface area contributed by atoms with E-state index >= 15 is 0 Å². The third-order valence-electron chi connectivity index (χ3n) is 6.29. The molecule has 0 aliphatic heterocycles. The van der Waals surface area contributed by atoms with Gasteiger partial charge in [-0.05, 0) is 42.7 Å². The molecule has 0 bridgehead atoms. The standard InChI is InChI=1S/C30H38N4O4/c1-5-18-33(19-6-2)30(36)22-34-25-13-10-9-12-24(25)32-28(34)14-8-7-11-17-31-29(35)21-23-15-16-26(37-3)27(20-23)38-4/h5-6,9-10,12-13,15-16,20H,1-2,7-8,11,14,17-19,21-22H2,3-4H3,(H,31,35). The number of rotatable bonds is 16. The predicted octanol–water partition coefficient (Wildman–Crippen LogP) is 4.33. The summed E-state index contributed by atoms with van der Waals surface area (Å²) >= 11 is 0. The van der Waals surface area contributed by atoms with Gasteiger partial charge in [0, 0.05) is 26.1 Å². The second-order valence-electron chi connectivity index (χ2n) is 9.01. The van der Waals surface area contributed by atoms with E-state index in [-0.39, 0.29) is 24.8 Å². The lowest BCUT2D eigenvalue weighted by molar-refractivity contribution is -0.130. The van der Waals surface area contributed by atoms with E-state index < -0.39 is 0 Å². The highest BCUT2D eigenvalue weighted by atomic mass is 16.5. The van der Waals surface area contributed by atoms with Crippen LogP contribution in [0.3, 0.4) is 0 Å². The molecule has 38 heavy (non-hydrogen) atoms. The third-order valence-corrected chi connectivity index (χ3v) is 6.29. The Labute approximate surface area is 224 Å². The van der Waals surface area contributed by atoms with Crippen LogP contribution in [0.5, 0.6) is 11.5 Å². The first kappa shape index (κ1) is 28.5. The van der Waals surface area contributed by atoms with Crippen molar-refractivity contribution < 1.29 is 19.1 Å². The molecule has 2 amide bonds. The lowest BCUT2D eigenvalue weighted by atomic mass is 10.1. The van der Waals surface area contributed by atoms with E-state index in [0.29, 0.717) is 31.1 Å². The van der Waals surface area contributed by atoms with Crippen molar-refractivity contribution in [1.29, 1.82) is 0 Å². The summed E-state index contributed by atoms with van der Waals surface area (Å²) in [5, 5.41) is 2.99. The van der Waals surface area contributed by atoms with Crippen LogP contribution in [0.15, 0.2) is 67.8 Å². The molecule has 0 saturated carbocycles. The van der Waals surface area contributed by atoms with E-state index in [2.05, 4.69) is 18.5 Å². The van der Waals surface area contributed by atoms with Crippen molar-refractivity contribution in [3.63, 3.8) is 0 Å². The Bertz CT molecular complexity index is 1240. The first-order valence-electron chi connectivity index (χ1n) is 12.9. The van der Waals surface area contributed by atoms with Gasteiger partial charge in [0.05, 0.1) is 31.7 Å². The van der Waals surface area contributed by atoms with E-state index in [4.69, 9.17) is 14.5 Å². The molecule has 0 fully saturated rings. The van der Waals surface area contributed by atoms with Crippen molar-refractivity contribution in [2.45, 2.75) is 38.6 Å². The quantitative estimate of drug-likeness (QED) is 0.225. The molecule has 3 rings (SSSR count). The predicted molar refractivity (Wildman–Crippen MR) is 151 cm³/mol. The number of aromatic nitrogens is 2. The number of benzene rings is 2. The van der Waals surface area contributed by atoms with E-state index in [1.165, 1.54) is 0 Å². The molecular weight excluding hydrogens is 480 g/mol. The maximum absolute atomic E-state index is 13.0. The fourth-order valence-electron chi connectivity index (χ4n) is 4.37. The largest absolute Gasteiger partial charge is 0.493 e. The number of carbonyl (C=O) groups is 2. The van der Waals surface area contributed by atoms with Crippen LogP contribution in [0.1, 0.15) is 30.7 Å². The fraction of sp³-hybridized carbons (Fsp3) is 0.367. The Hall–Kier alpha value is -4.07. The number of hydrogen-bond donors (Lipinski definition) is 1. The van der Waals surface area contributed by atoms with Gasteiger partial charge in [0.2, 0.25) is 11.8 Å². The van der Waals surface area contributed by atoms with Crippen molar-refractivity contribution in [2.75, 3.05) is 33.9 Å². The van der Waals surface area contributed by atoms with Gasteiger partial charge < -0.3 is 24.3 Å². The lowest BCUT2D eigenvalue weighted by Crippen LogP contribution is -2.34. The summed E-state index contributed by atoms with van der Waals surface area (Å²) in [5.41, 5.74) is 2.71. The number of imidazole rings is 1. The number of amides is 2. The zero-order chi connectivity index (χ0) is 27.3. The van der Waals surface area contributed by atoms with Crippen molar-refractivity contribution >= 4 is 22.8 Å². The van der Waals surface area contributed by atoms with Crippen LogP contribution < -0.4 is 14.8 Å². The smallest absolute Gasteiger partial charge is 0.243 e. The van der Waals surface area contributed by atoms with Gasteiger partial charge in [-0.2, -0.15) is 0 Å². The monoisotopic (exact) mass is 518 g/mol. The number of nitrogens with zero attached hydrogens (tertiary/aromatic N) is 3. The van der Waals surface area contributed by atoms with Crippen LogP contribution in [0.2, 0.25) is 0 Å². The first-order chi connectivity index (χ1) is 18.5. The molecule has 8 nitrogen and oxygen atoms in total. The van der Waals surface area contributed by atoms with Crippen LogP contribution in [-0.2, 0) is 29.0 Å². The molecule has 0 atom stereocenters. The number of unbranched alkanes of at least 4 members (excludes halogenated alkanes) is 2. The number of aryl methyl sites for hydroxylation is 1. The SMILES string of the molecule is C=CCN(CC=C)C(=O)Cn1c(CCCCCNC(=O)Cc2ccc(OC)c(OC)c2)nc2ccccc21. The summed E-state index contributed by atoms with van der Waals surface area (Å²) in [5.74, 6) is 2.13. The van der Waals surface area contributed by atoms with Crippen LogP contribution >= 0.6 is 0 Å². The van der Waals surface area contributed by atoms with Crippen molar-refractivity contribution in [1.82, 2.24) is 19.8 Å². The minimum absolute atomic E-state index is 0.00592. The number of hydrogen-bond acceptors (Lipinski definition) is 5. The molecule has 0 aliphatic rings. The highest BCUT2D eigenvalue weighted by molar-refractivity contribution is 5.81. The molecule has 202 valence electrons. The number of ether oxygens (including phenoxy) is 2. The second kappa shape index (κ2) is 14.6. The van der Waals surface area contributed by atoms with Crippen LogP contribution in [0.4, 0.5) is 0 Å². The highest BCUT2D eigenvalue weighted by Gasteiger charge is 2.17. The second-order valence-corrected chi connectivity index (χ2v) is 9.01. The highest BCUT2D eigenvalue weighted by Crippen LogP contribution is 2.27. The number of methoxy groups -OCH3 is 2. The van der Waals surface area contributed by atoms with Crippen LogP contribution in [0, 0.1) is 0 Å². The molecular formula is C30H38N4O4. The van der Waals surface area contributed by atoms with Gasteiger partial charge in [0.25, 0.3) is 0 Å². The molecule has 8 heteroatoms. The zero-order valence-corrected chi connectivity index (χ0v) is 22.4. The Balaban J connectivity index is 1.50. The normalized spacial score (nSPS) is 10.7. The van der Waals surface area contributed by atoms with E-state index in [0.717, 1.165) is 48.1 Å². The number of nitrogens with one attached hydrogen (secondary N) is 1. The van der Waals surface area contributed by atoms with Gasteiger partial charge in [-0.15, -0.1) is 13.2 Å². The van der Waals surface area contributed by atoms with E-state index in [9.17, 15) is 9.59 Å². The fourth-order valence-corrected chi connectivity index (χ4v) is 4.37. The maximum atomic E-state index is 13.0. The summed E-state index contributed by atoms with van der Waals surface area (Å²) in [4.78, 5) is 31.9.